The minimum atomic E-state index is 0.262. The topological polar surface area (TPSA) is 49.3 Å². The summed E-state index contributed by atoms with van der Waals surface area (Å²) in [5.41, 5.74) is 0.962. The van der Waals surface area contributed by atoms with Crippen LogP contribution in [0.5, 0.6) is 5.75 Å². The Labute approximate surface area is 77.4 Å². The van der Waals surface area contributed by atoms with E-state index in [0.717, 1.165) is 24.9 Å². The van der Waals surface area contributed by atoms with Crippen LogP contribution in [0, 0.1) is 0 Å². The smallest absolute Gasteiger partial charge is 0.120 e. The lowest BCUT2D eigenvalue weighted by atomic mass is 10.3. The third-order valence-electron chi connectivity index (χ3n) is 1.70. The van der Waals surface area contributed by atoms with Gasteiger partial charge in [-0.05, 0) is 30.7 Å². The summed E-state index contributed by atoms with van der Waals surface area (Å²) in [5, 5.41) is 12.1. The third kappa shape index (κ3) is 3.60. The zero-order valence-corrected chi connectivity index (χ0v) is 7.36. The van der Waals surface area contributed by atoms with Crippen molar-refractivity contribution in [1.82, 2.24) is 0 Å². The van der Waals surface area contributed by atoms with Gasteiger partial charge in [-0.25, -0.2) is 0 Å². The molecule has 1 aromatic rings. The van der Waals surface area contributed by atoms with Crippen LogP contribution < -0.4 is 5.32 Å². The van der Waals surface area contributed by atoms with Crippen molar-refractivity contribution in [2.24, 2.45) is 0 Å². The van der Waals surface area contributed by atoms with E-state index in [0.29, 0.717) is 6.42 Å². The average molecular weight is 179 g/mol. The van der Waals surface area contributed by atoms with E-state index >= 15 is 0 Å². The van der Waals surface area contributed by atoms with Crippen molar-refractivity contribution >= 4 is 12.0 Å². The number of nitrogens with one attached hydrogen (secondary N) is 1. The van der Waals surface area contributed by atoms with Gasteiger partial charge in [0.25, 0.3) is 0 Å². The quantitative estimate of drug-likeness (QED) is 0.411. The molecule has 0 heterocycles. The molecule has 0 atom stereocenters. The molecule has 2 N–H and O–H groups in total. The Kier molecular flexibility index (Phi) is 3.82. The minimum Gasteiger partial charge on any atom is -0.508 e. The van der Waals surface area contributed by atoms with Crippen molar-refractivity contribution in [1.29, 1.82) is 0 Å². The highest BCUT2D eigenvalue weighted by molar-refractivity contribution is 5.49. The number of rotatable bonds is 5. The maximum absolute atomic E-state index is 10.0. The maximum Gasteiger partial charge on any atom is 0.120 e. The van der Waals surface area contributed by atoms with Crippen molar-refractivity contribution in [3.63, 3.8) is 0 Å². The summed E-state index contributed by atoms with van der Waals surface area (Å²) < 4.78 is 0. The van der Waals surface area contributed by atoms with Crippen LogP contribution in [-0.2, 0) is 4.79 Å². The number of aldehydes is 1. The van der Waals surface area contributed by atoms with E-state index in [4.69, 9.17) is 5.11 Å². The lowest BCUT2D eigenvalue weighted by Gasteiger charge is -2.04. The second kappa shape index (κ2) is 5.19. The molecule has 0 aromatic heterocycles. The van der Waals surface area contributed by atoms with E-state index in [-0.39, 0.29) is 5.75 Å². The van der Waals surface area contributed by atoms with Gasteiger partial charge in [-0.2, -0.15) is 0 Å². The van der Waals surface area contributed by atoms with Crippen LogP contribution in [0.2, 0.25) is 0 Å². The number of unbranched alkanes of at least 4 members (excludes halogenated alkanes) is 1. The molecule has 3 nitrogen and oxygen atoms in total. The van der Waals surface area contributed by atoms with Gasteiger partial charge in [-0.1, -0.05) is 0 Å². The molecule has 0 aliphatic carbocycles. The number of phenols is 1. The lowest BCUT2D eigenvalue weighted by Crippen LogP contribution is -2.00. The minimum absolute atomic E-state index is 0.262. The third-order valence-corrected chi connectivity index (χ3v) is 1.70. The Bertz CT molecular complexity index is 256. The summed E-state index contributed by atoms with van der Waals surface area (Å²) in [4.78, 5) is 10.0. The van der Waals surface area contributed by atoms with E-state index in [9.17, 15) is 4.79 Å². The van der Waals surface area contributed by atoms with Gasteiger partial charge >= 0.3 is 0 Å². The lowest BCUT2D eigenvalue weighted by molar-refractivity contribution is -0.107. The molecule has 1 rings (SSSR count). The van der Waals surface area contributed by atoms with Crippen LogP contribution in [0.25, 0.3) is 0 Å². The van der Waals surface area contributed by atoms with Crippen LogP contribution in [0.15, 0.2) is 24.3 Å². The molecule has 0 unspecified atom stereocenters. The SMILES string of the molecule is O=CCCCNc1ccc(O)cc1. The molecule has 0 saturated carbocycles. The second-order valence-electron chi connectivity index (χ2n) is 2.78. The number of hydrogen-bond donors (Lipinski definition) is 2. The van der Waals surface area contributed by atoms with Crippen LogP contribution in [0.3, 0.4) is 0 Å². The fourth-order valence-electron chi connectivity index (χ4n) is 0.997. The molecule has 0 spiro atoms. The van der Waals surface area contributed by atoms with Gasteiger partial charge in [0, 0.05) is 18.7 Å². The first-order valence-corrected chi connectivity index (χ1v) is 4.29. The molecule has 0 fully saturated rings. The van der Waals surface area contributed by atoms with E-state index in [1.54, 1.807) is 24.3 Å². The summed E-state index contributed by atoms with van der Waals surface area (Å²) in [6.45, 7) is 0.781. The number of carbonyl (C=O) groups excluding carboxylic acids is 1. The molecule has 0 radical (unpaired) electrons. The summed E-state index contributed by atoms with van der Waals surface area (Å²) >= 11 is 0. The zero-order valence-electron chi connectivity index (χ0n) is 7.36. The first-order chi connectivity index (χ1) is 6.33. The van der Waals surface area contributed by atoms with Gasteiger partial charge < -0.3 is 15.2 Å². The highest BCUT2D eigenvalue weighted by Gasteiger charge is 1.91. The number of carbonyl (C=O) groups is 1. The van der Waals surface area contributed by atoms with Crippen LogP contribution in [0.1, 0.15) is 12.8 Å². The first-order valence-electron chi connectivity index (χ1n) is 4.29. The van der Waals surface area contributed by atoms with Gasteiger partial charge in [0.15, 0.2) is 0 Å². The van der Waals surface area contributed by atoms with Crippen molar-refractivity contribution in [3.05, 3.63) is 24.3 Å². The Hall–Kier alpha value is -1.51. The van der Waals surface area contributed by atoms with E-state index in [1.807, 2.05) is 0 Å². The fraction of sp³-hybridized carbons (Fsp3) is 0.300. The number of anilines is 1. The molecule has 13 heavy (non-hydrogen) atoms. The number of benzene rings is 1. The van der Waals surface area contributed by atoms with Crippen molar-refractivity contribution in [2.75, 3.05) is 11.9 Å². The van der Waals surface area contributed by atoms with Gasteiger partial charge in [0.1, 0.15) is 12.0 Å². The monoisotopic (exact) mass is 179 g/mol. The predicted octanol–water partition coefficient (Wildman–Crippen LogP) is 1.78. The average Bonchev–Trinajstić information content (AvgIpc) is 2.15. The van der Waals surface area contributed by atoms with Gasteiger partial charge in [-0.3, -0.25) is 0 Å². The summed E-state index contributed by atoms with van der Waals surface area (Å²) in [6, 6.07) is 6.86. The molecule has 1 aromatic carbocycles. The van der Waals surface area contributed by atoms with Crippen molar-refractivity contribution in [2.45, 2.75) is 12.8 Å². The number of aromatic hydroxyl groups is 1. The molecule has 0 amide bonds. The van der Waals surface area contributed by atoms with Gasteiger partial charge in [-0.15, -0.1) is 0 Å². The fourth-order valence-corrected chi connectivity index (χ4v) is 0.997. The molecular formula is C10H13NO2. The Balaban J connectivity index is 2.28. The molecule has 0 bridgehead atoms. The predicted molar refractivity (Wildman–Crippen MR) is 51.9 cm³/mol. The largest absolute Gasteiger partial charge is 0.508 e. The molecular weight excluding hydrogens is 166 g/mol. The number of phenolic OH excluding ortho intramolecular Hbond substituents is 1. The van der Waals surface area contributed by atoms with Crippen LogP contribution >= 0.6 is 0 Å². The Morgan fingerprint density at radius 2 is 2.00 bits per heavy atom. The van der Waals surface area contributed by atoms with Gasteiger partial charge in [0.05, 0.1) is 0 Å². The van der Waals surface area contributed by atoms with E-state index < -0.39 is 0 Å². The highest BCUT2D eigenvalue weighted by atomic mass is 16.3. The molecule has 3 heteroatoms. The van der Waals surface area contributed by atoms with Crippen molar-refractivity contribution in [3.8, 4) is 5.75 Å². The standard InChI is InChI=1S/C10H13NO2/c12-8-2-1-7-11-9-3-5-10(13)6-4-9/h3-6,8,11,13H,1-2,7H2. The maximum atomic E-state index is 10.0. The van der Waals surface area contributed by atoms with Crippen LogP contribution in [-0.4, -0.2) is 17.9 Å². The number of hydrogen-bond acceptors (Lipinski definition) is 3. The molecule has 70 valence electrons. The molecule has 0 saturated heterocycles. The first kappa shape index (κ1) is 9.58. The summed E-state index contributed by atoms with van der Waals surface area (Å²) in [7, 11) is 0. The zero-order chi connectivity index (χ0) is 9.52. The highest BCUT2D eigenvalue weighted by Crippen LogP contribution is 2.13. The van der Waals surface area contributed by atoms with Crippen LogP contribution in [0.4, 0.5) is 5.69 Å². The van der Waals surface area contributed by atoms with Crippen molar-refractivity contribution < 1.29 is 9.90 Å². The normalized spacial score (nSPS) is 9.54. The Morgan fingerprint density at radius 3 is 2.62 bits per heavy atom. The summed E-state index contributed by atoms with van der Waals surface area (Å²) in [5.74, 6) is 0.262. The van der Waals surface area contributed by atoms with E-state index in [1.165, 1.54) is 0 Å². The molecule has 0 aliphatic heterocycles. The molecule has 0 aliphatic rings. The Morgan fingerprint density at radius 1 is 1.31 bits per heavy atom. The van der Waals surface area contributed by atoms with Gasteiger partial charge in [0.2, 0.25) is 0 Å². The van der Waals surface area contributed by atoms with E-state index in [2.05, 4.69) is 5.32 Å². The second-order valence-corrected chi connectivity index (χ2v) is 2.78. The summed E-state index contributed by atoms with van der Waals surface area (Å²) in [6.07, 6.45) is 2.34.